The van der Waals surface area contributed by atoms with Crippen LogP contribution in [-0.4, -0.2) is 49.5 Å². The van der Waals surface area contributed by atoms with Crippen LogP contribution < -0.4 is 10.0 Å². The van der Waals surface area contributed by atoms with Crippen molar-refractivity contribution in [3.8, 4) is 0 Å². The Kier molecular flexibility index (Phi) is 6.57. The molecule has 3 rings (SSSR count). The van der Waals surface area contributed by atoms with Crippen molar-refractivity contribution in [2.75, 3.05) is 19.7 Å². The summed E-state index contributed by atoms with van der Waals surface area (Å²) >= 11 is 0. The second kappa shape index (κ2) is 8.97. The molecule has 1 aromatic heterocycles. The maximum absolute atomic E-state index is 12.1. The number of rotatable bonds is 10. The molecule has 0 atom stereocenters. The minimum Gasteiger partial charge on any atom is -0.456 e. The number of carbonyl (C=O) groups excluding carboxylic acids is 2. The van der Waals surface area contributed by atoms with Gasteiger partial charge in [-0.1, -0.05) is 30.3 Å². The number of imidazole rings is 1. The fourth-order valence-electron chi connectivity index (χ4n) is 3.06. The van der Waals surface area contributed by atoms with Crippen molar-refractivity contribution < 1.29 is 22.7 Å². The molecule has 9 nitrogen and oxygen atoms in total. The SMILES string of the molecule is Cc1nc(S(=O)(=O)NCCC(=O)OCC(=O)NCC2(c3ccccc3)CC2)cn1C. The number of nitrogens with one attached hydrogen (secondary N) is 2. The summed E-state index contributed by atoms with van der Waals surface area (Å²) in [6.45, 7) is 1.65. The summed E-state index contributed by atoms with van der Waals surface area (Å²) in [7, 11) is -2.11. The number of carbonyl (C=O) groups is 2. The molecule has 0 unspecified atom stereocenters. The number of nitrogens with zero attached hydrogens (tertiary/aromatic N) is 2. The van der Waals surface area contributed by atoms with Crippen molar-refractivity contribution in [1.29, 1.82) is 0 Å². The van der Waals surface area contributed by atoms with Crippen LogP contribution in [0.4, 0.5) is 0 Å². The van der Waals surface area contributed by atoms with Gasteiger partial charge in [0.1, 0.15) is 5.82 Å². The monoisotopic (exact) mass is 434 g/mol. The lowest BCUT2D eigenvalue weighted by Crippen LogP contribution is -2.35. The number of esters is 1. The third kappa shape index (κ3) is 5.45. The van der Waals surface area contributed by atoms with Gasteiger partial charge in [-0.3, -0.25) is 9.59 Å². The number of amides is 1. The normalized spacial score (nSPS) is 14.9. The van der Waals surface area contributed by atoms with E-state index in [1.54, 1.807) is 18.5 Å². The molecule has 0 aliphatic heterocycles. The van der Waals surface area contributed by atoms with Crippen LogP contribution in [0.1, 0.15) is 30.7 Å². The molecule has 2 aromatic rings. The first-order valence-corrected chi connectivity index (χ1v) is 11.2. The van der Waals surface area contributed by atoms with Crippen LogP contribution in [0.2, 0.25) is 0 Å². The lowest BCUT2D eigenvalue weighted by Gasteiger charge is -2.16. The average Bonchev–Trinajstić information content (AvgIpc) is 3.44. The van der Waals surface area contributed by atoms with Crippen LogP contribution in [0, 0.1) is 6.92 Å². The van der Waals surface area contributed by atoms with E-state index in [0.29, 0.717) is 12.4 Å². The summed E-state index contributed by atoms with van der Waals surface area (Å²) in [6, 6.07) is 10.00. The van der Waals surface area contributed by atoms with E-state index in [-0.39, 0.29) is 29.3 Å². The van der Waals surface area contributed by atoms with Crippen molar-refractivity contribution in [3.63, 3.8) is 0 Å². The topological polar surface area (TPSA) is 119 Å². The molecule has 1 aromatic carbocycles. The minimum absolute atomic E-state index is 0.0248. The van der Waals surface area contributed by atoms with Gasteiger partial charge < -0.3 is 14.6 Å². The Balaban J connectivity index is 1.36. The van der Waals surface area contributed by atoms with E-state index in [9.17, 15) is 18.0 Å². The molecular weight excluding hydrogens is 408 g/mol. The van der Waals surface area contributed by atoms with Crippen LogP contribution in [0.5, 0.6) is 0 Å². The molecule has 1 aliphatic rings. The second-order valence-corrected chi connectivity index (χ2v) is 9.18. The molecule has 1 saturated carbocycles. The van der Waals surface area contributed by atoms with Gasteiger partial charge in [-0.25, -0.2) is 18.1 Å². The highest BCUT2D eigenvalue weighted by Gasteiger charge is 2.44. The molecule has 30 heavy (non-hydrogen) atoms. The van der Waals surface area contributed by atoms with Crippen LogP contribution in [0.3, 0.4) is 0 Å². The fraction of sp³-hybridized carbons (Fsp3) is 0.450. The maximum atomic E-state index is 12.1. The van der Waals surface area contributed by atoms with Gasteiger partial charge in [0.25, 0.3) is 15.9 Å². The van der Waals surface area contributed by atoms with Gasteiger partial charge in [-0.2, -0.15) is 0 Å². The average molecular weight is 435 g/mol. The van der Waals surface area contributed by atoms with Gasteiger partial charge in [-0.15, -0.1) is 0 Å². The van der Waals surface area contributed by atoms with Gasteiger partial charge >= 0.3 is 5.97 Å². The zero-order chi connectivity index (χ0) is 21.8. The van der Waals surface area contributed by atoms with E-state index in [0.717, 1.165) is 12.8 Å². The molecule has 1 fully saturated rings. The Morgan fingerprint density at radius 1 is 1.23 bits per heavy atom. The third-order valence-electron chi connectivity index (χ3n) is 5.21. The van der Waals surface area contributed by atoms with E-state index in [2.05, 4.69) is 15.0 Å². The van der Waals surface area contributed by atoms with Crippen LogP contribution in [0.15, 0.2) is 41.6 Å². The number of hydrogen-bond donors (Lipinski definition) is 2. The Morgan fingerprint density at radius 3 is 2.53 bits per heavy atom. The van der Waals surface area contributed by atoms with Gasteiger partial charge in [0.05, 0.1) is 6.42 Å². The summed E-state index contributed by atoms with van der Waals surface area (Å²) in [5.41, 5.74) is 1.17. The van der Waals surface area contributed by atoms with Gasteiger partial charge in [0.15, 0.2) is 11.6 Å². The number of aromatic nitrogens is 2. The summed E-state index contributed by atoms with van der Waals surface area (Å²) in [5, 5.41) is 2.70. The van der Waals surface area contributed by atoms with E-state index in [1.807, 2.05) is 30.3 Å². The van der Waals surface area contributed by atoms with Crippen LogP contribution >= 0.6 is 0 Å². The Bertz CT molecular complexity index is 994. The van der Waals surface area contributed by atoms with E-state index >= 15 is 0 Å². The predicted molar refractivity (Wildman–Crippen MR) is 109 cm³/mol. The van der Waals surface area contributed by atoms with Crippen molar-refractivity contribution in [2.45, 2.75) is 36.6 Å². The highest BCUT2D eigenvalue weighted by atomic mass is 32.2. The highest BCUT2D eigenvalue weighted by Crippen LogP contribution is 2.47. The van der Waals surface area contributed by atoms with E-state index in [1.165, 1.54) is 11.8 Å². The van der Waals surface area contributed by atoms with Crippen molar-refractivity contribution in [3.05, 3.63) is 47.9 Å². The maximum Gasteiger partial charge on any atom is 0.307 e. The molecule has 0 radical (unpaired) electrons. The largest absolute Gasteiger partial charge is 0.456 e. The Morgan fingerprint density at radius 2 is 1.93 bits per heavy atom. The van der Waals surface area contributed by atoms with Gasteiger partial charge in [0.2, 0.25) is 0 Å². The first-order chi connectivity index (χ1) is 14.2. The van der Waals surface area contributed by atoms with Crippen LogP contribution in [0.25, 0.3) is 0 Å². The molecule has 0 bridgehead atoms. The Labute approximate surface area is 175 Å². The predicted octanol–water partition coefficient (Wildman–Crippen LogP) is 0.788. The van der Waals surface area contributed by atoms with Crippen molar-refractivity contribution in [1.82, 2.24) is 19.6 Å². The minimum atomic E-state index is -3.80. The Hall–Kier alpha value is -2.72. The lowest BCUT2D eigenvalue weighted by molar-refractivity contribution is -0.148. The highest BCUT2D eigenvalue weighted by molar-refractivity contribution is 7.89. The lowest BCUT2D eigenvalue weighted by atomic mass is 9.96. The summed E-state index contributed by atoms with van der Waals surface area (Å²) < 4.78 is 33.1. The van der Waals surface area contributed by atoms with Crippen molar-refractivity contribution >= 4 is 21.9 Å². The number of aryl methyl sites for hydroxylation is 2. The van der Waals surface area contributed by atoms with E-state index in [4.69, 9.17) is 4.74 Å². The molecule has 2 N–H and O–H groups in total. The van der Waals surface area contributed by atoms with Gasteiger partial charge in [0, 0.05) is 31.7 Å². The standard InChI is InChI=1S/C20H26N4O5S/c1-15-23-18(12-24(15)2)30(27,28)22-11-8-19(26)29-13-17(25)21-14-20(9-10-20)16-6-4-3-5-7-16/h3-7,12,22H,8-11,13-14H2,1-2H3,(H,21,25). The number of ether oxygens (including phenoxy) is 1. The summed E-state index contributed by atoms with van der Waals surface area (Å²) in [4.78, 5) is 27.8. The van der Waals surface area contributed by atoms with E-state index < -0.39 is 22.6 Å². The number of benzene rings is 1. The summed E-state index contributed by atoms with van der Waals surface area (Å²) in [5.74, 6) is -0.481. The second-order valence-electron chi connectivity index (χ2n) is 7.47. The van der Waals surface area contributed by atoms with Crippen LogP contribution in [-0.2, 0) is 36.8 Å². The zero-order valence-electron chi connectivity index (χ0n) is 17.1. The smallest absolute Gasteiger partial charge is 0.307 e. The molecule has 0 saturated heterocycles. The number of hydrogen-bond acceptors (Lipinski definition) is 6. The third-order valence-corrected chi connectivity index (χ3v) is 6.54. The number of sulfonamides is 1. The molecule has 0 spiro atoms. The molecule has 1 aliphatic carbocycles. The van der Waals surface area contributed by atoms with Crippen molar-refractivity contribution in [2.24, 2.45) is 7.05 Å². The molecular formula is C20H26N4O5S. The summed E-state index contributed by atoms with van der Waals surface area (Å²) in [6.07, 6.45) is 3.22. The molecule has 10 heteroatoms. The molecule has 162 valence electrons. The quantitative estimate of drug-likeness (QED) is 0.534. The van der Waals surface area contributed by atoms with Gasteiger partial charge in [-0.05, 0) is 25.3 Å². The first kappa shape index (κ1) is 22.0. The fourth-order valence-corrected chi connectivity index (χ4v) is 4.13. The molecule has 1 heterocycles. The first-order valence-electron chi connectivity index (χ1n) is 9.69. The zero-order valence-corrected chi connectivity index (χ0v) is 17.9. The molecule has 1 amide bonds.